The molecule has 2 fully saturated rings. The smallest absolute Gasteiger partial charge is 0.165 e. The van der Waals surface area contributed by atoms with Crippen molar-refractivity contribution in [3.8, 4) is 5.75 Å². The Morgan fingerprint density at radius 1 is 1.20 bits per heavy atom. The van der Waals surface area contributed by atoms with Gasteiger partial charge in [0.15, 0.2) is 11.6 Å². The van der Waals surface area contributed by atoms with E-state index in [0.717, 1.165) is 56.5 Å². The molecular weight excluding hydrogens is 343 g/mol. The third-order valence-corrected chi connectivity index (χ3v) is 5.06. The van der Waals surface area contributed by atoms with E-state index >= 15 is 0 Å². The number of fused-ring (bicyclic) bond motifs is 1. The lowest BCUT2D eigenvalue weighted by Crippen LogP contribution is -2.40. The monoisotopic (exact) mass is 366 g/mol. The average Bonchev–Trinajstić information content (AvgIpc) is 3.10. The van der Waals surface area contributed by atoms with Crippen LogP contribution in [0.2, 0.25) is 0 Å². The quantitative estimate of drug-likeness (QED) is 0.826. The summed E-state index contributed by atoms with van der Waals surface area (Å²) in [4.78, 5) is 6.52. The summed E-state index contributed by atoms with van der Waals surface area (Å²) < 4.78 is 25.7. The van der Waals surface area contributed by atoms with Gasteiger partial charge in [-0.15, -0.1) is 12.4 Å². The number of piperidine rings is 1. The number of halogens is 2. The van der Waals surface area contributed by atoms with Crippen molar-refractivity contribution in [2.45, 2.75) is 25.4 Å². The van der Waals surface area contributed by atoms with E-state index in [1.54, 1.807) is 18.5 Å². The summed E-state index contributed by atoms with van der Waals surface area (Å²) in [5.74, 6) is 0.728. The lowest BCUT2D eigenvalue weighted by Gasteiger charge is -2.33. The third-order valence-electron chi connectivity index (χ3n) is 5.06. The number of rotatable bonds is 4. The number of hydrogen-bond donors (Lipinski definition) is 0. The average molecular weight is 367 g/mol. The van der Waals surface area contributed by atoms with Gasteiger partial charge in [0.25, 0.3) is 0 Å². The van der Waals surface area contributed by atoms with Crippen LogP contribution in [0.15, 0.2) is 30.6 Å². The van der Waals surface area contributed by atoms with E-state index in [4.69, 9.17) is 9.47 Å². The maximum absolute atomic E-state index is 14.2. The van der Waals surface area contributed by atoms with Gasteiger partial charge in [-0.25, -0.2) is 4.39 Å². The molecule has 2 aromatic rings. The summed E-state index contributed by atoms with van der Waals surface area (Å²) >= 11 is 0. The number of nitrogens with zero attached hydrogens (tertiary/aromatic N) is 2. The van der Waals surface area contributed by atoms with Crippen LogP contribution in [0.3, 0.4) is 0 Å². The molecule has 0 aliphatic carbocycles. The molecule has 1 aromatic heterocycles. The minimum Gasteiger partial charge on any atom is -0.487 e. The van der Waals surface area contributed by atoms with Gasteiger partial charge in [0.1, 0.15) is 6.10 Å². The van der Waals surface area contributed by atoms with Crippen LogP contribution in [0, 0.1) is 11.7 Å². The van der Waals surface area contributed by atoms with E-state index in [9.17, 15) is 4.39 Å². The van der Waals surface area contributed by atoms with Crippen LogP contribution in [0.1, 0.15) is 19.3 Å². The highest BCUT2D eigenvalue weighted by atomic mass is 35.5. The molecule has 136 valence electrons. The Labute approximate surface area is 153 Å². The van der Waals surface area contributed by atoms with Crippen LogP contribution >= 0.6 is 12.4 Å². The predicted octanol–water partition coefficient (Wildman–Crippen LogP) is 3.68. The first kappa shape index (κ1) is 18.4. The summed E-state index contributed by atoms with van der Waals surface area (Å²) in [6, 6.07) is 5.18. The first-order valence-electron chi connectivity index (χ1n) is 8.78. The second-order valence-electron chi connectivity index (χ2n) is 6.85. The van der Waals surface area contributed by atoms with E-state index in [1.165, 1.54) is 12.5 Å². The highest BCUT2D eigenvalue weighted by Crippen LogP contribution is 2.27. The van der Waals surface area contributed by atoms with Crippen LogP contribution < -0.4 is 4.74 Å². The number of pyridine rings is 1. The normalized spacial score (nSPS) is 22.0. The van der Waals surface area contributed by atoms with Crippen LogP contribution in [-0.4, -0.2) is 48.8 Å². The lowest BCUT2D eigenvalue weighted by molar-refractivity contribution is 0.0855. The fraction of sp³-hybridized carbons (Fsp3) is 0.526. The number of hydrogen-bond acceptors (Lipinski definition) is 4. The molecule has 4 nitrogen and oxygen atoms in total. The van der Waals surface area contributed by atoms with Gasteiger partial charge in [0.05, 0.1) is 6.61 Å². The van der Waals surface area contributed by atoms with Crippen LogP contribution in [0.4, 0.5) is 4.39 Å². The molecule has 25 heavy (non-hydrogen) atoms. The maximum atomic E-state index is 14.2. The van der Waals surface area contributed by atoms with Gasteiger partial charge in [-0.05, 0) is 48.8 Å². The van der Waals surface area contributed by atoms with Gasteiger partial charge in [-0.2, -0.15) is 0 Å². The zero-order chi connectivity index (χ0) is 16.4. The summed E-state index contributed by atoms with van der Waals surface area (Å²) in [5, 5.41) is 1.76. The molecule has 4 rings (SSSR count). The zero-order valence-electron chi connectivity index (χ0n) is 14.2. The molecule has 0 radical (unpaired) electrons. The topological polar surface area (TPSA) is 34.6 Å². The Bertz CT molecular complexity index is 701. The van der Waals surface area contributed by atoms with Crippen molar-refractivity contribution < 1.29 is 13.9 Å². The van der Waals surface area contributed by atoms with Crippen molar-refractivity contribution in [3.05, 3.63) is 36.4 Å². The van der Waals surface area contributed by atoms with Gasteiger partial charge < -0.3 is 14.4 Å². The summed E-state index contributed by atoms with van der Waals surface area (Å²) in [6.45, 7) is 4.94. The molecule has 0 saturated carbocycles. The molecule has 2 aliphatic rings. The molecule has 1 unspecified atom stereocenters. The summed E-state index contributed by atoms with van der Waals surface area (Å²) in [6.07, 6.45) is 6.55. The van der Waals surface area contributed by atoms with Crippen molar-refractivity contribution in [1.29, 1.82) is 0 Å². The third kappa shape index (κ3) is 4.40. The van der Waals surface area contributed by atoms with E-state index < -0.39 is 0 Å². The molecule has 2 aliphatic heterocycles. The Morgan fingerprint density at radius 3 is 2.80 bits per heavy atom. The molecule has 0 bridgehead atoms. The maximum Gasteiger partial charge on any atom is 0.165 e. The highest BCUT2D eigenvalue weighted by Gasteiger charge is 2.25. The van der Waals surface area contributed by atoms with Gasteiger partial charge in [-0.3, -0.25) is 4.98 Å². The van der Waals surface area contributed by atoms with Crippen LogP contribution in [0.25, 0.3) is 10.8 Å². The predicted molar refractivity (Wildman–Crippen MR) is 98.0 cm³/mol. The fourth-order valence-corrected chi connectivity index (χ4v) is 3.66. The first-order chi connectivity index (χ1) is 11.8. The van der Waals surface area contributed by atoms with Crippen molar-refractivity contribution in [3.63, 3.8) is 0 Å². The lowest BCUT2D eigenvalue weighted by atomic mass is 10.0. The SMILES string of the molecule is Cl.Fc1cc2cnccc2cc1OC1CCN(CC2CCOC2)CC1. The highest BCUT2D eigenvalue weighted by molar-refractivity contribution is 5.85. The van der Waals surface area contributed by atoms with Crippen molar-refractivity contribution >= 4 is 23.2 Å². The van der Waals surface area contributed by atoms with Gasteiger partial charge in [0.2, 0.25) is 0 Å². The van der Waals surface area contributed by atoms with Crippen molar-refractivity contribution in [2.75, 3.05) is 32.8 Å². The molecule has 3 heterocycles. The van der Waals surface area contributed by atoms with E-state index in [1.807, 2.05) is 6.07 Å². The largest absolute Gasteiger partial charge is 0.487 e. The zero-order valence-corrected chi connectivity index (χ0v) is 15.0. The molecule has 0 amide bonds. The molecule has 0 N–H and O–H groups in total. The van der Waals surface area contributed by atoms with Gasteiger partial charge in [0, 0.05) is 44.0 Å². The first-order valence-corrected chi connectivity index (χ1v) is 8.78. The van der Waals surface area contributed by atoms with E-state index in [0.29, 0.717) is 11.7 Å². The van der Waals surface area contributed by atoms with E-state index in [-0.39, 0.29) is 24.3 Å². The molecule has 1 aromatic carbocycles. The standard InChI is InChI=1S/C19H23FN2O2.ClH/c20-18-9-16-11-21-5-1-15(16)10-19(18)24-17-2-6-22(7-3-17)12-14-4-8-23-13-14;/h1,5,9-11,14,17H,2-4,6-8,12-13H2;1H. The Hall–Kier alpha value is -1.43. The van der Waals surface area contributed by atoms with Crippen LogP contribution in [0.5, 0.6) is 5.75 Å². The number of ether oxygens (including phenoxy) is 2. The van der Waals surface area contributed by atoms with Crippen molar-refractivity contribution in [2.24, 2.45) is 5.92 Å². The molecule has 6 heteroatoms. The molecule has 0 spiro atoms. The second-order valence-corrected chi connectivity index (χ2v) is 6.85. The number of aromatic nitrogens is 1. The Balaban J connectivity index is 0.00000182. The Kier molecular flexibility index (Phi) is 6.10. The van der Waals surface area contributed by atoms with Crippen LogP contribution in [-0.2, 0) is 4.74 Å². The molecular formula is C19H24ClFN2O2. The minimum absolute atomic E-state index is 0. The van der Waals surface area contributed by atoms with Gasteiger partial charge >= 0.3 is 0 Å². The minimum atomic E-state index is -0.305. The molecule has 2 saturated heterocycles. The number of benzene rings is 1. The van der Waals surface area contributed by atoms with Crippen molar-refractivity contribution in [1.82, 2.24) is 9.88 Å². The summed E-state index contributed by atoms with van der Waals surface area (Å²) in [5.41, 5.74) is 0. The van der Waals surface area contributed by atoms with E-state index in [2.05, 4.69) is 9.88 Å². The molecule has 1 atom stereocenters. The Morgan fingerprint density at radius 2 is 2.04 bits per heavy atom. The fourth-order valence-electron chi connectivity index (χ4n) is 3.66. The van der Waals surface area contributed by atoms with Gasteiger partial charge in [-0.1, -0.05) is 0 Å². The number of likely N-dealkylation sites (tertiary alicyclic amines) is 1. The second kappa shape index (κ2) is 8.30. The summed E-state index contributed by atoms with van der Waals surface area (Å²) in [7, 11) is 0.